The molecule has 1 heterocycles. The Morgan fingerprint density at radius 1 is 1.31 bits per heavy atom. The minimum Gasteiger partial charge on any atom is -0.288 e. The maximum absolute atomic E-state index is 11.2. The zero-order chi connectivity index (χ0) is 9.68. The first-order valence-corrected chi connectivity index (χ1v) is 5.33. The fraction of sp³-hybridized carbons (Fsp3) is 0.889. The Labute approximate surface area is 84.4 Å². The van der Waals surface area contributed by atoms with Gasteiger partial charge in [-0.1, -0.05) is 12.8 Å². The summed E-state index contributed by atoms with van der Waals surface area (Å²) in [6.45, 7) is 3.60. The number of hydrazine groups is 1. The van der Waals surface area contributed by atoms with E-state index in [0.29, 0.717) is 0 Å². The van der Waals surface area contributed by atoms with Crippen molar-refractivity contribution >= 4 is 17.5 Å². The van der Waals surface area contributed by atoms with Crippen LogP contribution in [0.25, 0.3) is 0 Å². The first-order chi connectivity index (χ1) is 6.20. The topological polar surface area (TPSA) is 32.3 Å². The molecule has 1 atom stereocenters. The normalized spacial score (nSPS) is 22.0. The van der Waals surface area contributed by atoms with Gasteiger partial charge < -0.3 is 0 Å². The van der Waals surface area contributed by atoms with E-state index in [2.05, 4.69) is 5.43 Å². The zero-order valence-electron chi connectivity index (χ0n) is 8.05. The molecular formula is C9H17ClN2O. The van der Waals surface area contributed by atoms with Crippen LogP contribution in [0, 0.1) is 0 Å². The average Bonchev–Trinajstić information content (AvgIpc) is 2.32. The summed E-state index contributed by atoms with van der Waals surface area (Å²) in [5.41, 5.74) is 2.82. The molecule has 1 saturated heterocycles. The molecule has 1 N–H and O–H groups in total. The Morgan fingerprint density at radius 2 is 1.85 bits per heavy atom. The molecule has 0 aliphatic carbocycles. The highest BCUT2D eigenvalue weighted by atomic mass is 35.5. The quantitative estimate of drug-likeness (QED) is 0.692. The predicted molar refractivity (Wildman–Crippen MR) is 53.5 cm³/mol. The molecule has 4 heteroatoms. The van der Waals surface area contributed by atoms with Gasteiger partial charge in [-0.25, -0.2) is 5.01 Å². The van der Waals surface area contributed by atoms with Crippen molar-refractivity contribution in [1.29, 1.82) is 0 Å². The van der Waals surface area contributed by atoms with Crippen LogP contribution in [-0.4, -0.2) is 29.4 Å². The highest BCUT2D eigenvalue weighted by Crippen LogP contribution is 2.07. The number of nitrogens with zero attached hydrogens (tertiary/aromatic N) is 1. The van der Waals surface area contributed by atoms with Gasteiger partial charge in [-0.2, -0.15) is 0 Å². The van der Waals surface area contributed by atoms with E-state index in [4.69, 9.17) is 11.6 Å². The van der Waals surface area contributed by atoms with E-state index in [1.165, 1.54) is 12.8 Å². The van der Waals surface area contributed by atoms with Crippen molar-refractivity contribution in [2.75, 3.05) is 13.1 Å². The monoisotopic (exact) mass is 204 g/mol. The number of alkyl halides is 1. The van der Waals surface area contributed by atoms with Gasteiger partial charge in [0, 0.05) is 13.1 Å². The number of carbonyl (C=O) groups is 1. The van der Waals surface area contributed by atoms with E-state index in [-0.39, 0.29) is 5.91 Å². The molecule has 0 spiro atoms. The van der Waals surface area contributed by atoms with Crippen molar-refractivity contribution in [1.82, 2.24) is 10.4 Å². The SMILES string of the molecule is CC(Cl)C(=O)NN1CCCCCC1. The molecule has 3 nitrogen and oxygen atoms in total. The molecule has 1 unspecified atom stereocenters. The number of hydrogen-bond acceptors (Lipinski definition) is 2. The van der Waals surface area contributed by atoms with Gasteiger partial charge in [-0.15, -0.1) is 11.6 Å². The van der Waals surface area contributed by atoms with E-state index in [1.807, 2.05) is 5.01 Å². The lowest BCUT2D eigenvalue weighted by atomic mass is 10.2. The smallest absolute Gasteiger partial charge is 0.252 e. The molecule has 0 radical (unpaired) electrons. The van der Waals surface area contributed by atoms with Gasteiger partial charge in [0.15, 0.2) is 0 Å². The van der Waals surface area contributed by atoms with Gasteiger partial charge in [0.2, 0.25) is 0 Å². The Balaban J connectivity index is 2.29. The number of rotatable bonds is 2. The summed E-state index contributed by atoms with van der Waals surface area (Å²) < 4.78 is 0. The fourth-order valence-corrected chi connectivity index (χ4v) is 1.48. The first-order valence-electron chi connectivity index (χ1n) is 4.89. The fourth-order valence-electron chi connectivity index (χ4n) is 1.43. The van der Waals surface area contributed by atoms with Gasteiger partial charge >= 0.3 is 0 Å². The largest absolute Gasteiger partial charge is 0.288 e. The van der Waals surface area contributed by atoms with Gasteiger partial charge in [-0.3, -0.25) is 10.2 Å². The van der Waals surface area contributed by atoms with Crippen LogP contribution in [0.15, 0.2) is 0 Å². The molecule has 76 valence electrons. The number of carbonyl (C=O) groups excluding carboxylic acids is 1. The molecular weight excluding hydrogens is 188 g/mol. The van der Waals surface area contributed by atoms with Crippen LogP contribution in [0.1, 0.15) is 32.6 Å². The lowest BCUT2D eigenvalue weighted by Gasteiger charge is -2.21. The lowest BCUT2D eigenvalue weighted by molar-refractivity contribution is -0.125. The molecule has 1 amide bonds. The van der Waals surface area contributed by atoms with Crippen LogP contribution in [0.5, 0.6) is 0 Å². The third-order valence-electron chi connectivity index (χ3n) is 2.24. The molecule has 0 aromatic rings. The minimum absolute atomic E-state index is 0.0939. The van der Waals surface area contributed by atoms with E-state index >= 15 is 0 Å². The number of halogens is 1. The van der Waals surface area contributed by atoms with Crippen LogP contribution < -0.4 is 5.43 Å². The lowest BCUT2D eigenvalue weighted by Crippen LogP contribution is -2.45. The second-order valence-corrected chi connectivity index (χ2v) is 4.15. The molecule has 0 bridgehead atoms. The summed E-state index contributed by atoms with van der Waals surface area (Å²) >= 11 is 5.65. The predicted octanol–water partition coefficient (Wildman–Crippen LogP) is 1.52. The van der Waals surface area contributed by atoms with Crippen molar-refractivity contribution in [2.24, 2.45) is 0 Å². The Morgan fingerprint density at radius 3 is 2.31 bits per heavy atom. The van der Waals surface area contributed by atoms with Gasteiger partial charge in [0.1, 0.15) is 5.38 Å². The Hall–Kier alpha value is -0.280. The zero-order valence-corrected chi connectivity index (χ0v) is 8.81. The molecule has 0 aromatic carbocycles. The summed E-state index contributed by atoms with van der Waals surface area (Å²) in [6, 6.07) is 0. The minimum atomic E-state index is -0.441. The molecule has 1 rings (SSSR count). The van der Waals surface area contributed by atoms with E-state index < -0.39 is 5.38 Å². The van der Waals surface area contributed by atoms with E-state index in [0.717, 1.165) is 25.9 Å². The first kappa shape index (κ1) is 10.8. The van der Waals surface area contributed by atoms with Gasteiger partial charge in [-0.05, 0) is 19.8 Å². The third kappa shape index (κ3) is 3.96. The van der Waals surface area contributed by atoms with E-state index in [1.54, 1.807) is 6.92 Å². The summed E-state index contributed by atoms with van der Waals surface area (Å²) in [7, 11) is 0. The molecule has 0 aromatic heterocycles. The molecule has 13 heavy (non-hydrogen) atoms. The van der Waals surface area contributed by atoms with Crippen molar-refractivity contribution in [2.45, 2.75) is 38.0 Å². The van der Waals surface area contributed by atoms with Crippen LogP contribution >= 0.6 is 11.6 Å². The number of nitrogens with one attached hydrogen (secondary N) is 1. The van der Waals surface area contributed by atoms with Crippen LogP contribution in [-0.2, 0) is 4.79 Å². The van der Waals surface area contributed by atoms with Crippen molar-refractivity contribution in [3.05, 3.63) is 0 Å². The molecule has 0 saturated carbocycles. The summed E-state index contributed by atoms with van der Waals surface area (Å²) in [4.78, 5) is 11.2. The van der Waals surface area contributed by atoms with Crippen molar-refractivity contribution < 1.29 is 4.79 Å². The maximum atomic E-state index is 11.2. The summed E-state index contributed by atoms with van der Waals surface area (Å²) in [5, 5.41) is 1.54. The van der Waals surface area contributed by atoms with E-state index in [9.17, 15) is 4.79 Å². The Kier molecular flexibility index (Phi) is 4.53. The van der Waals surface area contributed by atoms with Crippen molar-refractivity contribution in [3.63, 3.8) is 0 Å². The van der Waals surface area contributed by atoms with Gasteiger partial charge in [0.25, 0.3) is 5.91 Å². The molecule has 1 aliphatic heterocycles. The van der Waals surface area contributed by atoms with Gasteiger partial charge in [0.05, 0.1) is 0 Å². The highest BCUT2D eigenvalue weighted by Gasteiger charge is 2.14. The van der Waals surface area contributed by atoms with Crippen LogP contribution in [0.2, 0.25) is 0 Å². The Bertz CT molecular complexity index is 165. The number of hydrogen-bond donors (Lipinski definition) is 1. The highest BCUT2D eigenvalue weighted by molar-refractivity contribution is 6.30. The van der Waals surface area contributed by atoms with Crippen LogP contribution in [0.3, 0.4) is 0 Å². The maximum Gasteiger partial charge on any atom is 0.252 e. The number of amides is 1. The van der Waals surface area contributed by atoms with Crippen LogP contribution in [0.4, 0.5) is 0 Å². The second-order valence-electron chi connectivity index (χ2n) is 3.49. The standard InChI is InChI=1S/C9H17ClN2O/c1-8(10)9(13)11-12-6-4-2-3-5-7-12/h8H,2-7H2,1H3,(H,11,13). The van der Waals surface area contributed by atoms with Crippen molar-refractivity contribution in [3.8, 4) is 0 Å². The third-order valence-corrected chi connectivity index (χ3v) is 2.43. The summed E-state index contributed by atoms with van der Waals surface area (Å²) in [6.07, 6.45) is 4.86. The molecule has 1 fully saturated rings. The molecule has 1 aliphatic rings. The summed E-state index contributed by atoms with van der Waals surface area (Å²) in [5.74, 6) is -0.0939. The second kappa shape index (κ2) is 5.45. The average molecular weight is 205 g/mol.